The minimum atomic E-state index is 0. The number of likely N-dealkylation sites (tertiary alicyclic amines) is 1. The highest BCUT2D eigenvalue weighted by Crippen LogP contribution is 2.13. The lowest BCUT2D eigenvalue weighted by Gasteiger charge is -2.18. The van der Waals surface area contributed by atoms with Crippen molar-refractivity contribution in [2.24, 2.45) is 10.9 Å². The normalized spacial score (nSPS) is 25.2. The third-order valence-corrected chi connectivity index (χ3v) is 3.62. The highest BCUT2D eigenvalue weighted by molar-refractivity contribution is 14.0. The molecular formula is C13H25IN4. The van der Waals surface area contributed by atoms with Crippen molar-refractivity contribution in [3.8, 4) is 0 Å². The first-order chi connectivity index (χ1) is 8.28. The van der Waals surface area contributed by atoms with Gasteiger partial charge in [-0.05, 0) is 38.8 Å². The second kappa shape index (κ2) is 7.99. The van der Waals surface area contributed by atoms with E-state index in [2.05, 4.69) is 39.7 Å². The molecule has 0 radical (unpaired) electrons. The molecule has 0 spiro atoms. The van der Waals surface area contributed by atoms with E-state index in [-0.39, 0.29) is 24.0 Å². The van der Waals surface area contributed by atoms with Crippen LogP contribution >= 0.6 is 24.0 Å². The molecule has 4 nitrogen and oxygen atoms in total. The average molecular weight is 364 g/mol. The van der Waals surface area contributed by atoms with Crippen LogP contribution in [0.3, 0.4) is 0 Å². The standard InChI is InChI=1S/C13H24N4.HI/c1-14-13(16-12-5-3-4-6-12)15-9-11-7-8-17(2)10-11;/h3-4,11-12H,5-10H2,1-2H3,(H2,14,15,16);1H. The number of nitrogens with zero attached hydrogens (tertiary/aromatic N) is 2. The number of aliphatic imine (C=N–C) groups is 1. The highest BCUT2D eigenvalue weighted by Gasteiger charge is 2.19. The summed E-state index contributed by atoms with van der Waals surface area (Å²) in [5, 5.41) is 6.91. The minimum absolute atomic E-state index is 0. The van der Waals surface area contributed by atoms with E-state index in [1.165, 1.54) is 19.5 Å². The number of guanidine groups is 1. The third kappa shape index (κ3) is 4.76. The van der Waals surface area contributed by atoms with Crippen LogP contribution in [-0.4, -0.2) is 50.6 Å². The van der Waals surface area contributed by atoms with Gasteiger partial charge in [0.2, 0.25) is 0 Å². The van der Waals surface area contributed by atoms with Crippen LogP contribution in [0.2, 0.25) is 0 Å². The zero-order valence-electron chi connectivity index (χ0n) is 11.4. The maximum Gasteiger partial charge on any atom is 0.191 e. The largest absolute Gasteiger partial charge is 0.356 e. The van der Waals surface area contributed by atoms with Gasteiger partial charge in [-0.15, -0.1) is 24.0 Å². The second-order valence-electron chi connectivity index (χ2n) is 5.15. The van der Waals surface area contributed by atoms with Crippen molar-refractivity contribution in [1.29, 1.82) is 0 Å². The maximum atomic E-state index is 4.28. The Morgan fingerprint density at radius 1 is 1.39 bits per heavy atom. The van der Waals surface area contributed by atoms with Crippen LogP contribution in [0.4, 0.5) is 0 Å². The van der Waals surface area contributed by atoms with Crippen LogP contribution in [0.25, 0.3) is 0 Å². The van der Waals surface area contributed by atoms with E-state index < -0.39 is 0 Å². The van der Waals surface area contributed by atoms with E-state index in [0.29, 0.717) is 6.04 Å². The highest BCUT2D eigenvalue weighted by atomic mass is 127. The fourth-order valence-electron chi connectivity index (χ4n) is 2.56. The number of nitrogens with one attached hydrogen (secondary N) is 2. The van der Waals surface area contributed by atoms with Gasteiger partial charge in [-0.1, -0.05) is 12.2 Å². The van der Waals surface area contributed by atoms with E-state index >= 15 is 0 Å². The molecule has 1 saturated heterocycles. The molecule has 0 aromatic heterocycles. The number of hydrogen-bond donors (Lipinski definition) is 2. The molecule has 1 heterocycles. The molecule has 1 aliphatic heterocycles. The third-order valence-electron chi connectivity index (χ3n) is 3.62. The van der Waals surface area contributed by atoms with Gasteiger partial charge in [0.25, 0.3) is 0 Å². The fraction of sp³-hybridized carbons (Fsp3) is 0.769. The number of hydrogen-bond acceptors (Lipinski definition) is 2. The van der Waals surface area contributed by atoms with Crippen LogP contribution in [0, 0.1) is 5.92 Å². The Kier molecular flexibility index (Phi) is 6.99. The molecule has 1 unspecified atom stereocenters. The Morgan fingerprint density at radius 2 is 2.11 bits per heavy atom. The molecule has 1 fully saturated rings. The molecule has 0 bridgehead atoms. The summed E-state index contributed by atoms with van der Waals surface area (Å²) in [5.74, 6) is 1.72. The summed E-state index contributed by atoms with van der Waals surface area (Å²) in [6, 6.07) is 0.535. The van der Waals surface area contributed by atoms with Gasteiger partial charge in [0.15, 0.2) is 5.96 Å². The van der Waals surface area contributed by atoms with Gasteiger partial charge < -0.3 is 15.5 Å². The monoisotopic (exact) mass is 364 g/mol. The summed E-state index contributed by atoms with van der Waals surface area (Å²) in [5.41, 5.74) is 0. The summed E-state index contributed by atoms with van der Waals surface area (Å²) in [6.07, 6.45) is 8.00. The summed E-state index contributed by atoms with van der Waals surface area (Å²) >= 11 is 0. The first-order valence-corrected chi connectivity index (χ1v) is 6.58. The summed E-state index contributed by atoms with van der Waals surface area (Å²) in [4.78, 5) is 6.68. The topological polar surface area (TPSA) is 39.7 Å². The van der Waals surface area contributed by atoms with Crippen LogP contribution < -0.4 is 10.6 Å². The molecule has 104 valence electrons. The van der Waals surface area contributed by atoms with Gasteiger partial charge in [-0.3, -0.25) is 4.99 Å². The fourth-order valence-corrected chi connectivity index (χ4v) is 2.56. The Hall–Kier alpha value is -0.300. The lowest BCUT2D eigenvalue weighted by atomic mass is 10.1. The van der Waals surface area contributed by atoms with E-state index in [4.69, 9.17) is 0 Å². The zero-order chi connectivity index (χ0) is 12.1. The molecule has 2 aliphatic rings. The predicted octanol–water partition coefficient (Wildman–Crippen LogP) is 1.44. The van der Waals surface area contributed by atoms with E-state index in [0.717, 1.165) is 31.3 Å². The molecule has 1 aliphatic carbocycles. The van der Waals surface area contributed by atoms with Gasteiger partial charge in [0, 0.05) is 26.2 Å². The Morgan fingerprint density at radius 3 is 2.67 bits per heavy atom. The predicted molar refractivity (Wildman–Crippen MR) is 87.7 cm³/mol. The molecule has 1 atom stereocenters. The van der Waals surface area contributed by atoms with Crippen molar-refractivity contribution in [3.05, 3.63) is 12.2 Å². The lowest BCUT2D eigenvalue weighted by Crippen LogP contribution is -2.44. The SMILES string of the molecule is CN=C(NCC1CCN(C)C1)NC1CC=CC1.I. The lowest BCUT2D eigenvalue weighted by molar-refractivity contribution is 0.393. The number of rotatable bonds is 3. The average Bonchev–Trinajstić information content (AvgIpc) is 2.96. The zero-order valence-corrected chi connectivity index (χ0v) is 13.7. The van der Waals surface area contributed by atoms with Gasteiger partial charge in [0.05, 0.1) is 0 Å². The van der Waals surface area contributed by atoms with Crippen molar-refractivity contribution in [2.45, 2.75) is 25.3 Å². The first kappa shape index (κ1) is 15.8. The molecule has 18 heavy (non-hydrogen) atoms. The van der Waals surface area contributed by atoms with E-state index in [9.17, 15) is 0 Å². The molecule has 2 N–H and O–H groups in total. The van der Waals surface area contributed by atoms with Crippen molar-refractivity contribution in [2.75, 3.05) is 33.7 Å². The van der Waals surface area contributed by atoms with Crippen molar-refractivity contribution >= 4 is 29.9 Å². The Balaban J connectivity index is 0.00000162. The van der Waals surface area contributed by atoms with Crippen LogP contribution in [0.15, 0.2) is 17.1 Å². The van der Waals surface area contributed by atoms with Gasteiger partial charge >= 0.3 is 0 Å². The minimum Gasteiger partial charge on any atom is -0.356 e. The smallest absolute Gasteiger partial charge is 0.191 e. The molecule has 0 saturated carbocycles. The Bertz CT molecular complexity index is 295. The van der Waals surface area contributed by atoms with Crippen molar-refractivity contribution < 1.29 is 0 Å². The van der Waals surface area contributed by atoms with E-state index in [1.807, 2.05) is 7.05 Å². The van der Waals surface area contributed by atoms with Gasteiger partial charge in [0.1, 0.15) is 0 Å². The van der Waals surface area contributed by atoms with Gasteiger partial charge in [-0.2, -0.15) is 0 Å². The molecular weight excluding hydrogens is 339 g/mol. The van der Waals surface area contributed by atoms with Crippen LogP contribution in [0.5, 0.6) is 0 Å². The maximum absolute atomic E-state index is 4.28. The summed E-state index contributed by atoms with van der Waals surface area (Å²) < 4.78 is 0. The van der Waals surface area contributed by atoms with Crippen molar-refractivity contribution in [3.63, 3.8) is 0 Å². The summed E-state index contributed by atoms with van der Waals surface area (Å²) in [6.45, 7) is 3.46. The Labute approximate surface area is 127 Å². The summed E-state index contributed by atoms with van der Waals surface area (Å²) in [7, 11) is 4.04. The van der Waals surface area contributed by atoms with Crippen molar-refractivity contribution in [1.82, 2.24) is 15.5 Å². The molecule has 0 aromatic rings. The quantitative estimate of drug-likeness (QED) is 0.345. The molecule has 5 heteroatoms. The second-order valence-corrected chi connectivity index (χ2v) is 5.15. The van der Waals surface area contributed by atoms with Crippen LogP contribution in [0.1, 0.15) is 19.3 Å². The van der Waals surface area contributed by atoms with Gasteiger partial charge in [-0.25, -0.2) is 0 Å². The molecule has 0 amide bonds. The van der Waals surface area contributed by atoms with E-state index in [1.54, 1.807) is 0 Å². The molecule has 0 aromatic carbocycles. The van der Waals surface area contributed by atoms with Crippen LogP contribution in [-0.2, 0) is 0 Å². The number of halogens is 1. The first-order valence-electron chi connectivity index (χ1n) is 6.58. The molecule has 2 rings (SSSR count).